The predicted molar refractivity (Wildman–Crippen MR) is 61.6 cm³/mol. The van der Waals surface area contributed by atoms with Crippen LogP contribution in [-0.2, 0) is 0 Å². The SMILES string of the molecule is Cc1c(N)ncnc1-c1ccccc1Cl. The molecule has 0 unspecified atom stereocenters. The summed E-state index contributed by atoms with van der Waals surface area (Å²) in [6, 6.07) is 7.54. The molecule has 4 heteroatoms. The number of halogens is 1. The van der Waals surface area contributed by atoms with E-state index in [9.17, 15) is 0 Å². The molecule has 1 aromatic carbocycles. The summed E-state index contributed by atoms with van der Waals surface area (Å²) < 4.78 is 0. The molecule has 0 bridgehead atoms. The highest BCUT2D eigenvalue weighted by Crippen LogP contribution is 2.29. The summed E-state index contributed by atoms with van der Waals surface area (Å²) in [5.41, 5.74) is 8.23. The zero-order valence-corrected chi connectivity index (χ0v) is 8.99. The van der Waals surface area contributed by atoms with Gasteiger partial charge in [-0.3, -0.25) is 0 Å². The van der Waals surface area contributed by atoms with E-state index in [4.69, 9.17) is 17.3 Å². The van der Waals surface area contributed by atoms with Crippen molar-refractivity contribution in [3.05, 3.63) is 41.2 Å². The van der Waals surface area contributed by atoms with Gasteiger partial charge < -0.3 is 5.73 Å². The Morgan fingerprint density at radius 3 is 2.67 bits per heavy atom. The number of rotatable bonds is 1. The third-order valence-electron chi connectivity index (χ3n) is 2.25. The third-order valence-corrected chi connectivity index (χ3v) is 2.58. The van der Waals surface area contributed by atoms with Gasteiger partial charge in [-0.1, -0.05) is 29.8 Å². The Kier molecular flexibility index (Phi) is 2.56. The van der Waals surface area contributed by atoms with Gasteiger partial charge in [0.05, 0.1) is 5.69 Å². The number of nitrogens with zero attached hydrogens (tertiary/aromatic N) is 2. The van der Waals surface area contributed by atoms with Gasteiger partial charge in [-0.2, -0.15) is 0 Å². The van der Waals surface area contributed by atoms with Gasteiger partial charge in [-0.25, -0.2) is 9.97 Å². The fourth-order valence-electron chi connectivity index (χ4n) is 1.39. The molecule has 0 fully saturated rings. The molecule has 0 aliphatic rings. The van der Waals surface area contributed by atoms with E-state index in [1.165, 1.54) is 6.33 Å². The summed E-state index contributed by atoms with van der Waals surface area (Å²) >= 11 is 6.08. The minimum Gasteiger partial charge on any atom is -0.383 e. The average molecular weight is 220 g/mol. The zero-order chi connectivity index (χ0) is 10.8. The summed E-state index contributed by atoms with van der Waals surface area (Å²) in [6.07, 6.45) is 1.45. The minimum absolute atomic E-state index is 0.486. The largest absolute Gasteiger partial charge is 0.383 e. The Bertz CT molecular complexity index is 497. The highest BCUT2D eigenvalue weighted by Gasteiger charge is 2.09. The van der Waals surface area contributed by atoms with Crippen LogP contribution in [0, 0.1) is 6.92 Å². The van der Waals surface area contributed by atoms with E-state index in [2.05, 4.69) is 9.97 Å². The molecule has 0 radical (unpaired) electrons. The van der Waals surface area contributed by atoms with Crippen molar-refractivity contribution < 1.29 is 0 Å². The summed E-state index contributed by atoms with van der Waals surface area (Å²) in [4.78, 5) is 8.11. The van der Waals surface area contributed by atoms with Gasteiger partial charge in [0.15, 0.2) is 0 Å². The maximum Gasteiger partial charge on any atom is 0.130 e. The Hall–Kier alpha value is -1.61. The number of nitrogens with two attached hydrogens (primary N) is 1. The van der Waals surface area contributed by atoms with Gasteiger partial charge in [-0.15, -0.1) is 0 Å². The van der Waals surface area contributed by atoms with Gasteiger partial charge in [0.1, 0.15) is 12.1 Å². The fraction of sp³-hybridized carbons (Fsp3) is 0.0909. The highest BCUT2D eigenvalue weighted by atomic mass is 35.5. The van der Waals surface area contributed by atoms with Crippen molar-refractivity contribution in [3.63, 3.8) is 0 Å². The van der Waals surface area contributed by atoms with E-state index in [-0.39, 0.29) is 0 Å². The van der Waals surface area contributed by atoms with Crippen LogP contribution >= 0.6 is 11.6 Å². The number of hydrogen-bond donors (Lipinski definition) is 1. The Labute approximate surface area is 92.9 Å². The lowest BCUT2D eigenvalue weighted by Gasteiger charge is -2.07. The van der Waals surface area contributed by atoms with Gasteiger partial charge in [0.2, 0.25) is 0 Å². The third kappa shape index (κ3) is 1.78. The lowest BCUT2D eigenvalue weighted by atomic mass is 10.1. The molecule has 0 atom stereocenters. The first-order valence-corrected chi connectivity index (χ1v) is 4.90. The number of anilines is 1. The normalized spacial score (nSPS) is 10.3. The molecule has 1 aromatic heterocycles. The zero-order valence-electron chi connectivity index (χ0n) is 8.24. The first kappa shape index (κ1) is 9.93. The predicted octanol–water partition coefficient (Wildman–Crippen LogP) is 2.69. The van der Waals surface area contributed by atoms with Crippen molar-refractivity contribution in [2.45, 2.75) is 6.92 Å². The van der Waals surface area contributed by atoms with E-state index < -0.39 is 0 Å². The van der Waals surface area contributed by atoms with Crippen LogP contribution in [0.2, 0.25) is 5.02 Å². The number of nitrogen functional groups attached to an aromatic ring is 1. The van der Waals surface area contributed by atoms with Crippen LogP contribution in [0.15, 0.2) is 30.6 Å². The summed E-state index contributed by atoms with van der Waals surface area (Å²) in [6.45, 7) is 1.88. The molecule has 2 aromatic rings. The maximum absolute atomic E-state index is 6.08. The first-order valence-electron chi connectivity index (χ1n) is 4.52. The van der Waals surface area contributed by atoms with Gasteiger partial charge >= 0.3 is 0 Å². The average Bonchev–Trinajstić information content (AvgIpc) is 2.23. The van der Waals surface area contributed by atoms with Crippen molar-refractivity contribution in [1.82, 2.24) is 9.97 Å². The second kappa shape index (κ2) is 3.87. The maximum atomic E-state index is 6.08. The molecule has 0 aliphatic heterocycles. The number of aromatic nitrogens is 2. The van der Waals surface area contributed by atoms with Crippen molar-refractivity contribution >= 4 is 17.4 Å². The molecule has 15 heavy (non-hydrogen) atoms. The summed E-state index contributed by atoms with van der Waals surface area (Å²) in [7, 11) is 0. The van der Waals surface area contributed by atoms with Crippen LogP contribution in [0.1, 0.15) is 5.56 Å². The van der Waals surface area contributed by atoms with Crippen molar-refractivity contribution in [2.75, 3.05) is 5.73 Å². The van der Waals surface area contributed by atoms with Gasteiger partial charge in [0, 0.05) is 16.1 Å². The van der Waals surface area contributed by atoms with Crippen LogP contribution in [0.5, 0.6) is 0 Å². The molecule has 1 heterocycles. The first-order chi connectivity index (χ1) is 7.20. The topological polar surface area (TPSA) is 51.8 Å². The molecule has 2 rings (SSSR count). The molecule has 0 saturated carbocycles. The van der Waals surface area contributed by atoms with Gasteiger partial charge in [-0.05, 0) is 13.0 Å². The molecule has 76 valence electrons. The monoisotopic (exact) mass is 219 g/mol. The highest BCUT2D eigenvalue weighted by molar-refractivity contribution is 6.33. The standard InChI is InChI=1S/C11H10ClN3/c1-7-10(14-6-15-11(7)13)8-4-2-3-5-9(8)12/h2-6H,1H3,(H2,13,14,15). The van der Waals surface area contributed by atoms with Crippen LogP contribution in [0.3, 0.4) is 0 Å². The van der Waals surface area contributed by atoms with Crippen molar-refractivity contribution in [1.29, 1.82) is 0 Å². The van der Waals surface area contributed by atoms with Crippen LogP contribution in [0.4, 0.5) is 5.82 Å². The molecular formula is C11H10ClN3. The molecular weight excluding hydrogens is 210 g/mol. The fourth-order valence-corrected chi connectivity index (χ4v) is 1.61. The molecule has 0 saturated heterocycles. The van der Waals surface area contributed by atoms with E-state index in [1.807, 2.05) is 31.2 Å². The van der Waals surface area contributed by atoms with Crippen LogP contribution in [-0.4, -0.2) is 9.97 Å². The van der Waals surface area contributed by atoms with E-state index >= 15 is 0 Å². The smallest absolute Gasteiger partial charge is 0.130 e. The lowest BCUT2D eigenvalue weighted by Crippen LogP contribution is -1.98. The minimum atomic E-state index is 0.486. The van der Waals surface area contributed by atoms with E-state index in [1.54, 1.807) is 0 Å². The Morgan fingerprint density at radius 2 is 1.93 bits per heavy atom. The summed E-state index contributed by atoms with van der Waals surface area (Å²) in [5.74, 6) is 0.486. The second-order valence-corrected chi connectivity index (χ2v) is 3.62. The molecule has 2 N–H and O–H groups in total. The van der Waals surface area contributed by atoms with Crippen LogP contribution < -0.4 is 5.73 Å². The number of hydrogen-bond acceptors (Lipinski definition) is 3. The van der Waals surface area contributed by atoms with E-state index in [0.717, 1.165) is 16.8 Å². The Balaban J connectivity index is 2.65. The second-order valence-electron chi connectivity index (χ2n) is 3.21. The van der Waals surface area contributed by atoms with Crippen molar-refractivity contribution in [2.24, 2.45) is 0 Å². The van der Waals surface area contributed by atoms with E-state index in [0.29, 0.717) is 10.8 Å². The Morgan fingerprint density at radius 1 is 1.20 bits per heavy atom. The molecule has 3 nitrogen and oxygen atoms in total. The molecule has 0 aliphatic carbocycles. The van der Waals surface area contributed by atoms with Gasteiger partial charge in [0.25, 0.3) is 0 Å². The molecule has 0 spiro atoms. The molecule has 0 amide bonds. The number of benzene rings is 1. The summed E-state index contributed by atoms with van der Waals surface area (Å²) in [5, 5.41) is 0.665. The van der Waals surface area contributed by atoms with Crippen LogP contribution in [0.25, 0.3) is 11.3 Å². The van der Waals surface area contributed by atoms with Crippen molar-refractivity contribution in [3.8, 4) is 11.3 Å². The quantitative estimate of drug-likeness (QED) is 0.802. The lowest BCUT2D eigenvalue weighted by molar-refractivity contribution is 1.14.